The molecule has 0 bridgehead atoms. The van der Waals surface area contributed by atoms with Gasteiger partial charge in [0.1, 0.15) is 6.07 Å². The lowest BCUT2D eigenvalue weighted by Gasteiger charge is -2.17. The Bertz CT molecular complexity index is 1310. The molecule has 6 nitrogen and oxygen atoms in total. The largest absolute Gasteiger partial charge is 0.586 e. The lowest BCUT2D eigenvalue weighted by molar-refractivity contribution is -0.286. The summed E-state index contributed by atoms with van der Waals surface area (Å²) >= 11 is 0. The average Bonchev–Trinajstić information content (AvgIpc) is 3.31. The van der Waals surface area contributed by atoms with E-state index in [0.717, 1.165) is 16.6 Å². The number of rotatable bonds is 3. The fraction of sp³-hybridized carbons (Fsp3) is 0.333. The maximum Gasteiger partial charge on any atom is 0.586 e. The SMILES string of the molecule is CC(C)(C)c1cc2cc(NC(=O)C3(c4ccc5c(c4)OC(F)(F)O5)CC3)c(C#N)cc2[nH]1. The van der Waals surface area contributed by atoms with Crippen molar-refractivity contribution in [3.05, 3.63) is 53.2 Å². The van der Waals surface area contributed by atoms with Crippen LogP contribution in [0.5, 0.6) is 11.5 Å². The van der Waals surface area contributed by atoms with E-state index in [1.807, 2.05) is 6.07 Å². The van der Waals surface area contributed by atoms with Crippen LogP contribution >= 0.6 is 0 Å². The second-order valence-corrected chi connectivity index (χ2v) is 9.40. The summed E-state index contributed by atoms with van der Waals surface area (Å²) in [5.74, 6) is -0.437. The zero-order valence-corrected chi connectivity index (χ0v) is 17.8. The molecule has 1 saturated carbocycles. The summed E-state index contributed by atoms with van der Waals surface area (Å²) in [5.41, 5.74) is 2.23. The molecular weight excluding hydrogens is 416 g/mol. The minimum atomic E-state index is -3.71. The van der Waals surface area contributed by atoms with Crippen LogP contribution < -0.4 is 14.8 Å². The van der Waals surface area contributed by atoms with Crippen molar-refractivity contribution in [3.8, 4) is 17.6 Å². The van der Waals surface area contributed by atoms with Gasteiger partial charge in [-0.2, -0.15) is 5.26 Å². The number of anilines is 1. The van der Waals surface area contributed by atoms with Crippen LogP contribution in [0.3, 0.4) is 0 Å². The molecule has 164 valence electrons. The number of hydrogen-bond donors (Lipinski definition) is 2. The predicted molar refractivity (Wildman–Crippen MR) is 114 cm³/mol. The van der Waals surface area contributed by atoms with Crippen molar-refractivity contribution in [3.63, 3.8) is 0 Å². The molecule has 1 amide bonds. The molecule has 2 heterocycles. The van der Waals surface area contributed by atoms with Crippen molar-refractivity contribution in [2.24, 2.45) is 0 Å². The van der Waals surface area contributed by atoms with Crippen LogP contribution in [-0.2, 0) is 15.6 Å². The molecule has 2 N–H and O–H groups in total. The fourth-order valence-electron chi connectivity index (χ4n) is 4.04. The highest BCUT2D eigenvalue weighted by atomic mass is 19.3. The molecule has 0 atom stereocenters. The van der Waals surface area contributed by atoms with E-state index >= 15 is 0 Å². The second-order valence-electron chi connectivity index (χ2n) is 9.40. The quantitative estimate of drug-likeness (QED) is 0.580. The van der Waals surface area contributed by atoms with E-state index in [1.54, 1.807) is 18.2 Å². The fourth-order valence-corrected chi connectivity index (χ4v) is 4.04. The number of ether oxygens (including phenoxy) is 2. The van der Waals surface area contributed by atoms with Gasteiger partial charge < -0.3 is 19.8 Å². The van der Waals surface area contributed by atoms with Crippen LogP contribution in [0.1, 0.15) is 50.4 Å². The van der Waals surface area contributed by atoms with Gasteiger partial charge in [-0.05, 0) is 48.7 Å². The normalized spacial score (nSPS) is 17.8. The van der Waals surface area contributed by atoms with E-state index in [1.165, 1.54) is 12.1 Å². The van der Waals surface area contributed by atoms with E-state index in [-0.39, 0.29) is 22.8 Å². The van der Waals surface area contributed by atoms with Gasteiger partial charge in [-0.1, -0.05) is 26.8 Å². The molecular formula is C24H21F2N3O3. The van der Waals surface area contributed by atoms with Crippen molar-refractivity contribution < 1.29 is 23.0 Å². The number of fused-ring (bicyclic) bond motifs is 2. The maximum atomic E-state index is 13.4. The van der Waals surface area contributed by atoms with Crippen molar-refractivity contribution in [2.45, 2.75) is 50.7 Å². The Hall–Kier alpha value is -3.60. The van der Waals surface area contributed by atoms with E-state index < -0.39 is 11.7 Å². The van der Waals surface area contributed by atoms with Gasteiger partial charge >= 0.3 is 6.29 Å². The van der Waals surface area contributed by atoms with Crippen molar-refractivity contribution in [1.29, 1.82) is 5.26 Å². The van der Waals surface area contributed by atoms with Crippen LogP contribution in [-0.4, -0.2) is 17.2 Å². The van der Waals surface area contributed by atoms with Gasteiger partial charge in [0.2, 0.25) is 5.91 Å². The van der Waals surface area contributed by atoms with Crippen molar-refractivity contribution in [1.82, 2.24) is 4.98 Å². The standard InChI is InChI=1S/C24H21F2N3O3/c1-22(2,3)20-10-13-8-17(14(12-27)9-16(13)28-20)29-21(30)23(6-7-23)15-4-5-18-19(11-15)32-24(25,26)31-18/h4-5,8-11,28H,6-7H2,1-3H3,(H,29,30). The van der Waals surface area contributed by atoms with Crippen LogP contribution in [0.15, 0.2) is 36.4 Å². The van der Waals surface area contributed by atoms with E-state index in [9.17, 15) is 18.8 Å². The second kappa shape index (κ2) is 6.45. The molecule has 1 aliphatic heterocycles. The third-order valence-electron chi connectivity index (χ3n) is 6.07. The number of halogens is 2. The molecule has 2 aliphatic rings. The molecule has 2 aromatic carbocycles. The Morgan fingerprint density at radius 1 is 1.12 bits per heavy atom. The highest BCUT2D eigenvalue weighted by Gasteiger charge is 2.53. The predicted octanol–water partition coefficient (Wildman–Crippen LogP) is 5.33. The molecule has 3 aromatic rings. The monoisotopic (exact) mass is 437 g/mol. The molecule has 5 rings (SSSR count). The lowest BCUT2D eigenvalue weighted by atomic mass is 9.92. The zero-order chi connectivity index (χ0) is 22.9. The summed E-state index contributed by atoms with van der Waals surface area (Å²) in [4.78, 5) is 16.6. The van der Waals surface area contributed by atoms with E-state index in [0.29, 0.717) is 29.7 Å². The molecule has 8 heteroatoms. The van der Waals surface area contributed by atoms with E-state index in [2.05, 4.69) is 46.6 Å². The minimum Gasteiger partial charge on any atom is -0.395 e. The number of hydrogen-bond acceptors (Lipinski definition) is 4. The maximum absolute atomic E-state index is 13.4. The highest BCUT2D eigenvalue weighted by molar-refractivity contribution is 6.03. The Balaban J connectivity index is 1.46. The Morgan fingerprint density at radius 3 is 2.50 bits per heavy atom. The Labute approximate surface area is 183 Å². The third kappa shape index (κ3) is 3.25. The summed E-state index contributed by atoms with van der Waals surface area (Å²) in [7, 11) is 0. The molecule has 0 saturated heterocycles. The smallest absolute Gasteiger partial charge is 0.395 e. The number of carbonyl (C=O) groups is 1. The number of benzene rings is 2. The first kappa shape index (κ1) is 20.3. The van der Waals surface area contributed by atoms with Gasteiger partial charge in [-0.15, -0.1) is 8.78 Å². The van der Waals surface area contributed by atoms with Gasteiger partial charge in [0.15, 0.2) is 11.5 Å². The molecule has 32 heavy (non-hydrogen) atoms. The van der Waals surface area contributed by atoms with Gasteiger partial charge in [0.05, 0.1) is 16.7 Å². The lowest BCUT2D eigenvalue weighted by Crippen LogP contribution is -2.28. The third-order valence-corrected chi connectivity index (χ3v) is 6.07. The first-order valence-electron chi connectivity index (χ1n) is 10.3. The number of carbonyl (C=O) groups excluding carboxylic acids is 1. The molecule has 1 aromatic heterocycles. The first-order valence-corrected chi connectivity index (χ1v) is 10.3. The molecule has 0 unspecified atom stereocenters. The summed E-state index contributed by atoms with van der Waals surface area (Å²) in [6.07, 6.45) is -2.58. The Kier molecular flexibility index (Phi) is 4.10. The molecule has 0 spiro atoms. The summed E-state index contributed by atoms with van der Waals surface area (Å²) in [5, 5.41) is 13.4. The van der Waals surface area contributed by atoms with E-state index in [4.69, 9.17) is 0 Å². The van der Waals surface area contributed by atoms with Crippen molar-refractivity contribution >= 4 is 22.5 Å². The summed E-state index contributed by atoms with van der Waals surface area (Å²) < 4.78 is 35.7. The van der Waals surface area contributed by atoms with Gasteiger partial charge in [-0.25, -0.2) is 0 Å². The first-order chi connectivity index (χ1) is 15.0. The van der Waals surface area contributed by atoms with Gasteiger partial charge in [-0.3, -0.25) is 4.79 Å². The van der Waals surface area contributed by atoms with Gasteiger partial charge in [0, 0.05) is 22.0 Å². The van der Waals surface area contributed by atoms with Crippen LogP contribution in [0.2, 0.25) is 0 Å². The summed E-state index contributed by atoms with van der Waals surface area (Å²) in [6, 6.07) is 12.1. The number of nitrogens with zero attached hydrogens (tertiary/aromatic N) is 1. The number of aromatic nitrogens is 1. The van der Waals surface area contributed by atoms with Crippen molar-refractivity contribution in [2.75, 3.05) is 5.32 Å². The van der Waals surface area contributed by atoms with Crippen LogP contribution in [0, 0.1) is 11.3 Å². The minimum absolute atomic E-state index is 0.0608. The number of nitriles is 1. The molecule has 1 fully saturated rings. The average molecular weight is 437 g/mol. The van der Waals surface area contributed by atoms with Gasteiger partial charge in [0.25, 0.3) is 0 Å². The molecule has 0 radical (unpaired) electrons. The summed E-state index contributed by atoms with van der Waals surface area (Å²) in [6.45, 7) is 6.26. The number of amides is 1. The topological polar surface area (TPSA) is 87.1 Å². The number of alkyl halides is 2. The number of H-pyrrole nitrogens is 1. The van der Waals surface area contributed by atoms with Crippen LogP contribution in [0.4, 0.5) is 14.5 Å². The Morgan fingerprint density at radius 2 is 1.84 bits per heavy atom. The zero-order valence-electron chi connectivity index (χ0n) is 17.8. The number of nitrogens with one attached hydrogen (secondary N) is 2. The molecule has 1 aliphatic carbocycles. The number of aromatic amines is 1. The van der Waals surface area contributed by atoms with Crippen LogP contribution in [0.25, 0.3) is 10.9 Å². The highest BCUT2D eigenvalue weighted by Crippen LogP contribution is 2.52.